The predicted octanol–water partition coefficient (Wildman–Crippen LogP) is 4.34. The first kappa shape index (κ1) is 13.9. The van der Waals surface area contributed by atoms with Gasteiger partial charge in [-0.15, -0.1) is 0 Å². The molecule has 1 aliphatic rings. The number of aliphatic imine (C=N–C) groups is 1. The summed E-state index contributed by atoms with van der Waals surface area (Å²) >= 11 is 12.1. The normalized spacial score (nSPS) is 16.0. The summed E-state index contributed by atoms with van der Waals surface area (Å²) in [4.78, 5) is 16.1. The molecular weight excluding hydrogens is 309 g/mol. The fourth-order valence-electron chi connectivity index (χ4n) is 1.90. The van der Waals surface area contributed by atoms with Crippen molar-refractivity contribution < 1.29 is 9.53 Å². The molecule has 5 heteroatoms. The summed E-state index contributed by atoms with van der Waals surface area (Å²) in [6.07, 6.45) is 1.59. The van der Waals surface area contributed by atoms with Gasteiger partial charge in [0.25, 0.3) is 0 Å². The number of nitrogens with zero attached hydrogens (tertiary/aromatic N) is 1. The van der Waals surface area contributed by atoms with Gasteiger partial charge in [-0.1, -0.05) is 53.5 Å². The smallest absolute Gasteiger partial charge is 0.363 e. The van der Waals surface area contributed by atoms with Crippen molar-refractivity contribution in [2.75, 3.05) is 0 Å². The van der Waals surface area contributed by atoms with E-state index in [9.17, 15) is 4.79 Å². The summed E-state index contributed by atoms with van der Waals surface area (Å²) in [5.74, 6) is -0.325. The molecule has 0 unspecified atom stereocenters. The molecule has 0 aliphatic carbocycles. The molecule has 1 heterocycles. The second kappa shape index (κ2) is 5.72. The lowest BCUT2D eigenvalue weighted by atomic mass is 10.2. The van der Waals surface area contributed by atoms with Gasteiger partial charge in [0.15, 0.2) is 5.70 Å². The Bertz CT molecular complexity index is 781. The standard InChI is InChI=1S/C16H9Cl2NO2/c17-12-7-3-1-5-10(12)9-14-16(20)21-15(19-14)11-6-2-4-8-13(11)18/h1-9H. The number of hydrogen-bond donors (Lipinski definition) is 0. The van der Waals surface area contributed by atoms with Gasteiger partial charge < -0.3 is 4.74 Å². The van der Waals surface area contributed by atoms with Crippen LogP contribution in [-0.2, 0) is 9.53 Å². The molecule has 3 rings (SSSR count). The molecule has 0 amide bonds. The Hall–Kier alpha value is -2.10. The molecule has 104 valence electrons. The molecule has 0 atom stereocenters. The highest BCUT2D eigenvalue weighted by molar-refractivity contribution is 6.34. The van der Waals surface area contributed by atoms with E-state index in [-0.39, 0.29) is 11.6 Å². The van der Waals surface area contributed by atoms with Gasteiger partial charge in [-0.3, -0.25) is 0 Å². The molecule has 2 aromatic carbocycles. The van der Waals surface area contributed by atoms with Gasteiger partial charge in [-0.05, 0) is 29.8 Å². The van der Waals surface area contributed by atoms with Crippen LogP contribution in [0.4, 0.5) is 0 Å². The number of esters is 1. The van der Waals surface area contributed by atoms with Crippen LogP contribution in [-0.4, -0.2) is 11.9 Å². The maximum absolute atomic E-state index is 11.9. The first-order valence-corrected chi connectivity index (χ1v) is 6.93. The lowest BCUT2D eigenvalue weighted by molar-refractivity contribution is -0.129. The van der Waals surface area contributed by atoms with Crippen LogP contribution in [0.2, 0.25) is 10.0 Å². The van der Waals surface area contributed by atoms with Crippen LogP contribution in [0, 0.1) is 0 Å². The third-order valence-corrected chi connectivity index (χ3v) is 3.60. The second-order valence-electron chi connectivity index (χ2n) is 4.34. The fourth-order valence-corrected chi connectivity index (χ4v) is 2.31. The van der Waals surface area contributed by atoms with Crippen LogP contribution in [0.1, 0.15) is 11.1 Å². The molecule has 1 aliphatic heterocycles. The summed E-state index contributed by atoms with van der Waals surface area (Å²) in [7, 11) is 0. The minimum Gasteiger partial charge on any atom is -0.402 e. The topological polar surface area (TPSA) is 38.7 Å². The summed E-state index contributed by atoms with van der Waals surface area (Å²) in [5.41, 5.74) is 1.48. The molecule has 0 spiro atoms. The first-order valence-electron chi connectivity index (χ1n) is 6.17. The van der Waals surface area contributed by atoms with Gasteiger partial charge in [0.2, 0.25) is 5.90 Å². The number of hydrogen-bond acceptors (Lipinski definition) is 3. The Balaban J connectivity index is 2.00. The van der Waals surface area contributed by atoms with Gasteiger partial charge in [-0.25, -0.2) is 9.79 Å². The second-order valence-corrected chi connectivity index (χ2v) is 5.15. The van der Waals surface area contributed by atoms with Crippen LogP contribution >= 0.6 is 23.2 Å². The first-order chi connectivity index (χ1) is 10.1. The molecule has 0 saturated carbocycles. The SMILES string of the molecule is O=C1OC(c2ccccc2Cl)=NC1=Cc1ccccc1Cl. The number of ether oxygens (including phenoxy) is 1. The highest BCUT2D eigenvalue weighted by Gasteiger charge is 2.25. The van der Waals surface area contributed by atoms with E-state index in [1.54, 1.807) is 42.5 Å². The van der Waals surface area contributed by atoms with Crippen molar-refractivity contribution in [2.24, 2.45) is 4.99 Å². The van der Waals surface area contributed by atoms with E-state index in [2.05, 4.69) is 4.99 Å². The van der Waals surface area contributed by atoms with Crippen molar-refractivity contribution in [3.05, 3.63) is 75.4 Å². The Morgan fingerprint density at radius 2 is 1.62 bits per heavy atom. The quantitative estimate of drug-likeness (QED) is 0.610. The van der Waals surface area contributed by atoms with Gasteiger partial charge in [0.1, 0.15) is 0 Å². The number of halogens is 2. The van der Waals surface area contributed by atoms with Crippen molar-refractivity contribution in [1.82, 2.24) is 0 Å². The molecule has 0 N–H and O–H groups in total. The summed E-state index contributed by atoms with van der Waals surface area (Å²) in [6, 6.07) is 14.2. The zero-order valence-electron chi connectivity index (χ0n) is 10.7. The lowest BCUT2D eigenvalue weighted by Gasteiger charge is -2.00. The Morgan fingerprint density at radius 3 is 2.33 bits per heavy atom. The number of carbonyl (C=O) groups is 1. The van der Waals surface area contributed by atoms with Crippen molar-refractivity contribution in [3.8, 4) is 0 Å². The van der Waals surface area contributed by atoms with Crippen molar-refractivity contribution >= 4 is 41.1 Å². The Morgan fingerprint density at radius 1 is 0.952 bits per heavy atom. The van der Waals surface area contributed by atoms with E-state index in [1.165, 1.54) is 0 Å². The molecule has 3 nitrogen and oxygen atoms in total. The van der Waals surface area contributed by atoms with E-state index >= 15 is 0 Å². The van der Waals surface area contributed by atoms with Gasteiger partial charge in [-0.2, -0.15) is 0 Å². The molecule has 2 aromatic rings. The van der Waals surface area contributed by atoms with E-state index in [0.717, 1.165) is 0 Å². The average molecular weight is 318 g/mol. The summed E-state index contributed by atoms with van der Waals surface area (Å²) < 4.78 is 5.17. The van der Waals surface area contributed by atoms with Crippen molar-refractivity contribution in [1.29, 1.82) is 0 Å². The molecule has 21 heavy (non-hydrogen) atoms. The molecule has 0 radical (unpaired) electrons. The maximum Gasteiger partial charge on any atom is 0.363 e. The van der Waals surface area contributed by atoms with Crippen LogP contribution in [0.25, 0.3) is 6.08 Å². The van der Waals surface area contributed by atoms with Gasteiger partial charge in [0, 0.05) is 5.02 Å². The maximum atomic E-state index is 11.9. The molecule has 0 fully saturated rings. The molecule has 0 saturated heterocycles. The van der Waals surface area contributed by atoms with Gasteiger partial charge in [0.05, 0.1) is 10.6 Å². The van der Waals surface area contributed by atoms with Crippen molar-refractivity contribution in [3.63, 3.8) is 0 Å². The van der Waals surface area contributed by atoms with Crippen LogP contribution < -0.4 is 0 Å². The van der Waals surface area contributed by atoms with E-state index < -0.39 is 5.97 Å². The van der Waals surface area contributed by atoms with Crippen molar-refractivity contribution in [2.45, 2.75) is 0 Å². The predicted molar refractivity (Wildman–Crippen MR) is 83.5 cm³/mol. The zero-order chi connectivity index (χ0) is 14.8. The number of benzene rings is 2. The van der Waals surface area contributed by atoms with E-state index in [4.69, 9.17) is 27.9 Å². The monoisotopic (exact) mass is 317 g/mol. The number of rotatable bonds is 2. The third kappa shape index (κ3) is 2.84. The molecule has 0 bridgehead atoms. The molecule has 0 aromatic heterocycles. The Labute approximate surface area is 131 Å². The average Bonchev–Trinajstić information content (AvgIpc) is 2.83. The molecular formula is C16H9Cl2NO2. The summed E-state index contributed by atoms with van der Waals surface area (Å²) in [5, 5.41) is 1.02. The number of carbonyl (C=O) groups excluding carboxylic acids is 1. The third-order valence-electron chi connectivity index (χ3n) is 2.92. The highest BCUT2D eigenvalue weighted by atomic mass is 35.5. The fraction of sp³-hybridized carbons (Fsp3) is 0. The van der Waals surface area contributed by atoms with Gasteiger partial charge >= 0.3 is 5.97 Å². The largest absolute Gasteiger partial charge is 0.402 e. The van der Waals surface area contributed by atoms with E-state index in [1.807, 2.05) is 12.1 Å². The minimum atomic E-state index is -0.523. The summed E-state index contributed by atoms with van der Waals surface area (Å²) in [6.45, 7) is 0. The lowest BCUT2D eigenvalue weighted by Crippen LogP contribution is -2.05. The highest BCUT2D eigenvalue weighted by Crippen LogP contribution is 2.25. The number of cyclic esters (lactones) is 1. The van der Waals surface area contributed by atoms with E-state index in [0.29, 0.717) is 21.2 Å². The van der Waals surface area contributed by atoms with Crippen LogP contribution in [0.3, 0.4) is 0 Å². The van der Waals surface area contributed by atoms with Crippen LogP contribution in [0.5, 0.6) is 0 Å². The van der Waals surface area contributed by atoms with Crippen LogP contribution in [0.15, 0.2) is 59.2 Å². The Kier molecular flexibility index (Phi) is 3.78. The zero-order valence-corrected chi connectivity index (χ0v) is 12.2. The minimum absolute atomic E-state index is 0.193.